The van der Waals surface area contributed by atoms with Crippen LogP contribution in [0.3, 0.4) is 0 Å². The lowest BCUT2D eigenvalue weighted by molar-refractivity contribution is -0.387. The minimum Gasteiger partial charge on any atom is -0.444 e. The van der Waals surface area contributed by atoms with Crippen LogP contribution in [0.15, 0.2) is 29.2 Å². The van der Waals surface area contributed by atoms with E-state index in [1.54, 1.807) is 48.8 Å². The van der Waals surface area contributed by atoms with Gasteiger partial charge in [-0.25, -0.2) is 4.79 Å². The first-order valence-corrected chi connectivity index (χ1v) is 11.5. The Bertz CT molecular complexity index is 840. The number of piperidine rings is 1. The molecule has 2 atom stereocenters. The molecule has 2 fully saturated rings. The van der Waals surface area contributed by atoms with Crippen molar-refractivity contribution < 1.29 is 24.0 Å². The van der Waals surface area contributed by atoms with Gasteiger partial charge in [-0.1, -0.05) is 12.1 Å². The third-order valence-electron chi connectivity index (χ3n) is 5.17. The van der Waals surface area contributed by atoms with E-state index in [1.807, 2.05) is 0 Å². The Morgan fingerprint density at radius 1 is 1.19 bits per heavy atom. The van der Waals surface area contributed by atoms with Crippen LogP contribution in [0.25, 0.3) is 0 Å². The number of amides is 2. The number of morpholine rings is 1. The van der Waals surface area contributed by atoms with Crippen molar-refractivity contribution in [3.63, 3.8) is 0 Å². The minimum absolute atomic E-state index is 0.00532. The zero-order chi connectivity index (χ0) is 23.3. The third-order valence-corrected chi connectivity index (χ3v) is 6.19. The van der Waals surface area contributed by atoms with Gasteiger partial charge in [-0.3, -0.25) is 19.6 Å². The molecule has 3 rings (SSSR count). The van der Waals surface area contributed by atoms with Crippen molar-refractivity contribution in [2.45, 2.75) is 43.7 Å². The summed E-state index contributed by atoms with van der Waals surface area (Å²) in [4.78, 5) is 40.6. The van der Waals surface area contributed by atoms with Gasteiger partial charge in [-0.15, -0.1) is 0 Å². The number of nitrogens with one attached hydrogen (secondary N) is 1. The summed E-state index contributed by atoms with van der Waals surface area (Å²) in [7, 11) is 0. The highest BCUT2D eigenvalue weighted by Crippen LogP contribution is 2.29. The molecule has 2 saturated heterocycles. The normalized spacial score (nSPS) is 21.8. The van der Waals surface area contributed by atoms with Crippen LogP contribution in [0.1, 0.15) is 27.2 Å². The Morgan fingerprint density at radius 2 is 1.88 bits per heavy atom. The van der Waals surface area contributed by atoms with E-state index < -0.39 is 22.5 Å². The highest BCUT2D eigenvalue weighted by Gasteiger charge is 2.38. The van der Waals surface area contributed by atoms with Gasteiger partial charge < -0.3 is 19.3 Å². The fourth-order valence-electron chi connectivity index (χ4n) is 3.72. The highest BCUT2D eigenvalue weighted by molar-refractivity contribution is 7.97. The topological polar surface area (TPSA) is 114 Å². The van der Waals surface area contributed by atoms with Gasteiger partial charge >= 0.3 is 6.09 Å². The summed E-state index contributed by atoms with van der Waals surface area (Å²) in [5.74, 6) is -0.401. The quantitative estimate of drug-likeness (QED) is 0.400. The largest absolute Gasteiger partial charge is 0.444 e. The number of hydrogen-bond donors (Lipinski definition) is 1. The molecular weight excluding hydrogens is 436 g/mol. The van der Waals surface area contributed by atoms with Crippen LogP contribution >= 0.6 is 11.9 Å². The number of rotatable bonds is 5. The van der Waals surface area contributed by atoms with Crippen molar-refractivity contribution in [1.82, 2.24) is 14.5 Å². The average Bonchev–Trinajstić information content (AvgIpc) is 2.76. The van der Waals surface area contributed by atoms with Crippen LogP contribution in [0.4, 0.5) is 10.5 Å². The molecule has 0 aromatic heterocycles. The van der Waals surface area contributed by atoms with Crippen LogP contribution in [-0.4, -0.2) is 77.8 Å². The summed E-state index contributed by atoms with van der Waals surface area (Å²) in [6.07, 6.45) is 0.0443. The molecule has 2 amide bonds. The molecule has 0 spiro atoms. The van der Waals surface area contributed by atoms with E-state index in [0.29, 0.717) is 44.2 Å². The number of nitrogens with zero attached hydrogens (tertiary/aromatic N) is 3. The van der Waals surface area contributed by atoms with E-state index in [-0.39, 0.29) is 24.2 Å². The van der Waals surface area contributed by atoms with Crippen LogP contribution in [0, 0.1) is 16.0 Å². The average molecular weight is 467 g/mol. The van der Waals surface area contributed by atoms with E-state index in [2.05, 4.69) is 4.72 Å². The van der Waals surface area contributed by atoms with Crippen molar-refractivity contribution in [2.75, 3.05) is 39.4 Å². The minimum atomic E-state index is -0.652. The number of carbonyl (C=O) groups excluding carboxylic acids is 2. The lowest BCUT2D eigenvalue weighted by Crippen LogP contribution is -2.55. The van der Waals surface area contributed by atoms with Gasteiger partial charge in [0.25, 0.3) is 5.69 Å². The molecule has 1 N–H and O–H groups in total. The second-order valence-electron chi connectivity index (χ2n) is 8.90. The summed E-state index contributed by atoms with van der Waals surface area (Å²) >= 11 is 1.14. The predicted molar refractivity (Wildman–Crippen MR) is 119 cm³/mol. The number of nitro benzene ring substituents is 1. The van der Waals surface area contributed by atoms with E-state index in [0.717, 1.165) is 11.9 Å². The summed E-state index contributed by atoms with van der Waals surface area (Å²) in [6, 6.07) is 6.22. The molecule has 0 radical (unpaired) electrons. The number of benzene rings is 1. The van der Waals surface area contributed by atoms with Gasteiger partial charge in [0.15, 0.2) is 0 Å². The van der Waals surface area contributed by atoms with Crippen molar-refractivity contribution in [3.05, 3.63) is 34.4 Å². The first-order valence-electron chi connectivity index (χ1n) is 10.6. The molecule has 0 unspecified atom stereocenters. The SMILES string of the molecule is CC(C)(C)OC(=O)N1C[C@@H](NSc2ccccc2[N+](=O)[O-])C[C@@H](C(=O)N2CCOCC2)C1. The van der Waals surface area contributed by atoms with Gasteiger partial charge in [0.2, 0.25) is 5.91 Å². The van der Waals surface area contributed by atoms with Crippen molar-refractivity contribution in [3.8, 4) is 0 Å². The Balaban J connectivity index is 1.72. The van der Waals surface area contributed by atoms with E-state index in [1.165, 1.54) is 6.07 Å². The van der Waals surface area contributed by atoms with Crippen molar-refractivity contribution in [2.24, 2.45) is 5.92 Å². The molecule has 0 saturated carbocycles. The van der Waals surface area contributed by atoms with Crippen molar-refractivity contribution in [1.29, 1.82) is 0 Å². The van der Waals surface area contributed by atoms with E-state index in [4.69, 9.17) is 9.47 Å². The number of ether oxygens (including phenoxy) is 2. The number of para-hydroxylation sites is 1. The van der Waals surface area contributed by atoms with Gasteiger partial charge in [0, 0.05) is 38.3 Å². The molecule has 0 aliphatic carbocycles. The maximum Gasteiger partial charge on any atom is 0.410 e. The maximum absolute atomic E-state index is 13.1. The number of nitro groups is 1. The zero-order valence-corrected chi connectivity index (χ0v) is 19.4. The molecule has 176 valence electrons. The van der Waals surface area contributed by atoms with Gasteiger partial charge in [0.05, 0.1) is 24.1 Å². The Labute approximate surface area is 191 Å². The molecule has 0 bridgehead atoms. The van der Waals surface area contributed by atoms with Crippen LogP contribution < -0.4 is 4.72 Å². The Hall–Kier alpha value is -2.37. The van der Waals surface area contributed by atoms with E-state index in [9.17, 15) is 19.7 Å². The molecule has 10 nitrogen and oxygen atoms in total. The first-order chi connectivity index (χ1) is 15.1. The summed E-state index contributed by atoms with van der Waals surface area (Å²) in [6.45, 7) is 8.08. The second-order valence-corrected chi connectivity index (χ2v) is 9.78. The molecule has 2 aliphatic heterocycles. The molecule has 2 aliphatic rings. The Morgan fingerprint density at radius 3 is 2.53 bits per heavy atom. The molecule has 2 heterocycles. The highest BCUT2D eigenvalue weighted by atomic mass is 32.2. The lowest BCUT2D eigenvalue weighted by Gasteiger charge is -2.40. The molecule has 1 aromatic carbocycles. The number of carbonyl (C=O) groups is 2. The third kappa shape index (κ3) is 6.57. The van der Waals surface area contributed by atoms with Gasteiger partial charge in [-0.05, 0) is 45.2 Å². The molecule has 11 heteroatoms. The summed E-state index contributed by atoms with van der Waals surface area (Å²) < 4.78 is 14.1. The van der Waals surface area contributed by atoms with E-state index >= 15 is 0 Å². The fraction of sp³-hybridized carbons (Fsp3) is 0.619. The maximum atomic E-state index is 13.1. The lowest BCUT2D eigenvalue weighted by atomic mass is 9.93. The zero-order valence-electron chi connectivity index (χ0n) is 18.6. The van der Waals surface area contributed by atoms with Gasteiger partial charge in [0.1, 0.15) is 10.5 Å². The predicted octanol–water partition coefficient (Wildman–Crippen LogP) is 2.68. The molecule has 1 aromatic rings. The first kappa shape index (κ1) is 24.3. The fourth-order valence-corrected chi connectivity index (χ4v) is 4.58. The van der Waals surface area contributed by atoms with Crippen molar-refractivity contribution >= 4 is 29.6 Å². The summed E-state index contributed by atoms with van der Waals surface area (Å²) in [5, 5.41) is 11.3. The molecule has 32 heavy (non-hydrogen) atoms. The van der Waals surface area contributed by atoms with Crippen LogP contribution in [0.2, 0.25) is 0 Å². The number of likely N-dealkylation sites (tertiary alicyclic amines) is 1. The molecular formula is C21H30N4O6S. The number of hydrogen-bond acceptors (Lipinski definition) is 8. The second kappa shape index (κ2) is 10.5. The van der Waals surface area contributed by atoms with Crippen LogP contribution in [-0.2, 0) is 14.3 Å². The summed E-state index contributed by atoms with van der Waals surface area (Å²) in [5.41, 5.74) is -0.647. The monoisotopic (exact) mass is 466 g/mol. The standard InChI is InChI=1S/C21H30N4O6S/c1-21(2,3)31-20(27)24-13-15(19(26)23-8-10-30-11-9-23)12-16(14-24)22-32-18-7-5-4-6-17(18)25(28)29/h4-7,15-16,22H,8-14H2,1-3H3/t15-,16+/m1/s1. The smallest absolute Gasteiger partial charge is 0.410 e. The Kier molecular flexibility index (Phi) is 7.96. The van der Waals surface area contributed by atoms with Gasteiger partial charge in [-0.2, -0.15) is 0 Å². The van der Waals surface area contributed by atoms with Crippen LogP contribution in [0.5, 0.6) is 0 Å².